The van der Waals surface area contributed by atoms with E-state index in [2.05, 4.69) is 10.1 Å². The number of hydrogen-bond acceptors (Lipinski definition) is 7. The average molecular weight is 467 g/mol. The Bertz CT molecular complexity index is 1320. The maximum Gasteiger partial charge on any atom is 0.416 e. The van der Waals surface area contributed by atoms with Gasteiger partial charge >= 0.3 is 12.1 Å². The van der Waals surface area contributed by atoms with Crippen molar-refractivity contribution in [1.82, 2.24) is 14.8 Å². The van der Waals surface area contributed by atoms with Gasteiger partial charge in [-0.1, -0.05) is 6.92 Å². The fourth-order valence-electron chi connectivity index (χ4n) is 3.06. The molecule has 0 unspecified atom stereocenters. The van der Waals surface area contributed by atoms with E-state index >= 15 is 0 Å². The van der Waals surface area contributed by atoms with Gasteiger partial charge in [0.1, 0.15) is 5.01 Å². The number of rotatable bonds is 6. The van der Waals surface area contributed by atoms with Crippen LogP contribution in [0.25, 0.3) is 21.0 Å². The summed E-state index contributed by atoms with van der Waals surface area (Å²) in [6.45, 7) is 2.18. The smallest absolute Gasteiger partial charge is 0.416 e. The molecule has 0 N–H and O–H groups in total. The number of carbonyl (C=O) groups excluding carboxylic acids is 1. The topological polar surface area (TPSA) is 74.1 Å². The van der Waals surface area contributed by atoms with Crippen LogP contribution in [0.4, 0.5) is 13.2 Å². The number of ether oxygens (including phenoxy) is 1. The molecule has 3 heterocycles. The van der Waals surface area contributed by atoms with Crippen LogP contribution in [0.1, 0.15) is 29.6 Å². The van der Waals surface area contributed by atoms with Gasteiger partial charge in [-0.05, 0) is 24.6 Å². The summed E-state index contributed by atoms with van der Waals surface area (Å²) in [7, 11) is 0. The van der Waals surface area contributed by atoms with E-state index in [4.69, 9.17) is 4.74 Å². The Morgan fingerprint density at radius 3 is 2.74 bits per heavy atom. The van der Waals surface area contributed by atoms with Crippen LogP contribution in [0.15, 0.2) is 33.8 Å². The lowest BCUT2D eigenvalue weighted by Gasteiger charge is -2.08. The van der Waals surface area contributed by atoms with E-state index in [-0.39, 0.29) is 24.0 Å². The molecule has 11 heteroatoms. The third kappa shape index (κ3) is 4.47. The molecule has 0 aliphatic rings. The molecule has 0 amide bonds. The largest absolute Gasteiger partial charge is 0.465 e. The first-order valence-corrected chi connectivity index (χ1v) is 11.1. The van der Waals surface area contributed by atoms with Gasteiger partial charge in [0.05, 0.1) is 46.4 Å². The number of halogens is 3. The lowest BCUT2D eigenvalue weighted by atomic mass is 10.2. The molecular weight excluding hydrogens is 451 g/mol. The normalized spacial score (nSPS) is 12.0. The van der Waals surface area contributed by atoms with Crippen LogP contribution in [0.3, 0.4) is 0 Å². The van der Waals surface area contributed by atoms with Gasteiger partial charge in [0, 0.05) is 16.1 Å². The maximum atomic E-state index is 12.9. The molecule has 0 atom stereocenters. The third-order valence-corrected chi connectivity index (χ3v) is 6.27. The van der Waals surface area contributed by atoms with Crippen molar-refractivity contribution in [2.24, 2.45) is 0 Å². The molecule has 0 aliphatic heterocycles. The van der Waals surface area contributed by atoms with Gasteiger partial charge in [-0.3, -0.25) is 9.59 Å². The summed E-state index contributed by atoms with van der Waals surface area (Å²) in [5.41, 5.74) is -0.503. The Hall–Kier alpha value is -2.79. The number of thiophene rings is 1. The minimum absolute atomic E-state index is 0.0116. The molecule has 6 nitrogen and oxygen atoms in total. The van der Waals surface area contributed by atoms with Crippen LogP contribution in [-0.4, -0.2) is 27.3 Å². The fourth-order valence-corrected chi connectivity index (χ4v) is 4.82. The minimum Gasteiger partial charge on any atom is -0.465 e. The van der Waals surface area contributed by atoms with Gasteiger partial charge in [0.2, 0.25) is 0 Å². The summed E-state index contributed by atoms with van der Waals surface area (Å²) in [4.78, 5) is 29.1. The van der Waals surface area contributed by atoms with Crippen molar-refractivity contribution in [3.8, 4) is 0 Å². The molecule has 0 bridgehead atoms. The number of carbonyl (C=O) groups is 1. The molecule has 0 saturated heterocycles. The number of aromatic nitrogens is 3. The number of alkyl halides is 3. The van der Waals surface area contributed by atoms with Crippen molar-refractivity contribution in [3.63, 3.8) is 0 Å². The van der Waals surface area contributed by atoms with E-state index in [1.54, 1.807) is 10.8 Å². The van der Waals surface area contributed by atoms with Crippen LogP contribution in [0.2, 0.25) is 0 Å². The molecule has 0 fully saturated rings. The highest BCUT2D eigenvalue weighted by Crippen LogP contribution is 2.33. The van der Waals surface area contributed by atoms with E-state index in [0.717, 1.165) is 12.1 Å². The first kappa shape index (κ1) is 21.4. The predicted octanol–water partition coefficient (Wildman–Crippen LogP) is 4.63. The molecule has 162 valence electrons. The van der Waals surface area contributed by atoms with Crippen LogP contribution in [-0.2, 0) is 28.7 Å². The zero-order chi connectivity index (χ0) is 22.2. The Morgan fingerprint density at radius 2 is 2.00 bits per heavy atom. The van der Waals surface area contributed by atoms with Crippen molar-refractivity contribution in [3.05, 3.63) is 55.6 Å². The van der Waals surface area contributed by atoms with Crippen LogP contribution < -0.4 is 5.56 Å². The molecule has 0 saturated carbocycles. The summed E-state index contributed by atoms with van der Waals surface area (Å²) < 4.78 is 45.7. The molecule has 0 radical (unpaired) electrons. The average Bonchev–Trinajstić information content (AvgIpc) is 3.35. The van der Waals surface area contributed by atoms with Crippen molar-refractivity contribution in [2.75, 3.05) is 6.61 Å². The van der Waals surface area contributed by atoms with Crippen LogP contribution >= 0.6 is 22.7 Å². The molecular formula is C20H16F3N3O3S2. The summed E-state index contributed by atoms with van der Waals surface area (Å²) in [6.07, 6.45) is -3.84. The second-order valence-electron chi connectivity index (χ2n) is 6.79. The number of nitrogens with zero attached hydrogens (tertiary/aromatic N) is 3. The van der Waals surface area contributed by atoms with Gasteiger partial charge in [-0.25, -0.2) is 9.67 Å². The lowest BCUT2D eigenvalue weighted by molar-refractivity contribution is -0.143. The first-order chi connectivity index (χ1) is 14.8. The highest BCUT2D eigenvalue weighted by molar-refractivity contribution is 7.18. The molecule has 4 aromatic rings. The van der Waals surface area contributed by atoms with Gasteiger partial charge in [0.15, 0.2) is 0 Å². The number of hydrogen-bond donors (Lipinski definition) is 0. The highest BCUT2D eigenvalue weighted by Gasteiger charge is 2.30. The monoisotopic (exact) mass is 467 g/mol. The molecule has 31 heavy (non-hydrogen) atoms. The van der Waals surface area contributed by atoms with E-state index in [0.29, 0.717) is 39.2 Å². The van der Waals surface area contributed by atoms with E-state index in [1.165, 1.54) is 33.4 Å². The zero-order valence-corrected chi connectivity index (χ0v) is 17.9. The fraction of sp³-hybridized carbons (Fsp3) is 0.300. The standard InChI is InChI=1S/C20H16F3N3O3S2/c1-2-5-29-18(27)7-14-12-9-30-10-13(12)19(28)26(25-14)8-17-24-15-6-11(20(21,22)23)3-4-16(15)31-17/h3-4,6,9-10H,2,5,7-8H2,1H3. The van der Waals surface area contributed by atoms with E-state index < -0.39 is 17.7 Å². The SMILES string of the molecule is CCCOC(=O)Cc1nn(Cc2nc3cc(C(F)(F)F)ccc3s2)c(=O)c2cscc12. The van der Waals surface area contributed by atoms with Gasteiger partial charge < -0.3 is 4.74 Å². The summed E-state index contributed by atoms with van der Waals surface area (Å²) in [6, 6.07) is 3.36. The molecule has 4 rings (SSSR count). The number of thiazole rings is 1. The second-order valence-corrected chi connectivity index (χ2v) is 8.65. The van der Waals surface area contributed by atoms with E-state index in [1.807, 2.05) is 6.92 Å². The Balaban J connectivity index is 1.69. The van der Waals surface area contributed by atoms with Crippen molar-refractivity contribution in [1.29, 1.82) is 0 Å². The molecule has 3 aromatic heterocycles. The first-order valence-electron chi connectivity index (χ1n) is 9.34. The number of fused-ring (bicyclic) bond motifs is 2. The van der Waals surface area contributed by atoms with Gasteiger partial charge in [-0.2, -0.15) is 29.6 Å². The molecule has 1 aromatic carbocycles. The third-order valence-electron chi connectivity index (χ3n) is 4.50. The van der Waals surface area contributed by atoms with Gasteiger partial charge in [-0.15, -0.1) is 11.3 Å². The number of esters is 1. The van der Waals surface area contributed by atoms with Crippen molar-refractivity contribution < 1.29 is 22.7 Å². The van der Waals surface area contributed by atoms with Crippen LogP contribution in [0.5, 0.6) is 0 Å². The van der Waals surface area contributed by atoms with Crippen LogP contribution in [0, 0.1) is 0 Å². The zero-order valence-electron chi connectivity index (χ0n) is 16.2. The van der Waals surface area contributed by atoms with Crippen molar-refractivity contribution in [2.45, 2.75) is 32.5 Å². The Labute approximate surface area is 181 Å². The second kappa shape index (κ2) is 8.39. The van der Waals surface area contributed by atoms with Crippen molar-refractivity contribution >= 4 is 49.6 Å². The van der Waals surface area contributed by atoms with E-state index in [9.17, 15) is 22.8 Å². The Morgan fingerprint density at radius 1 is 1.23 bits per heavy atom. The van der Waals surface area contributed by atoms with Gasteiger partial charge in [0.25, 0.3) is 5.56 Å². The quantitative estimate of drug-likeness (QED) is 0.387. The lowest BCUT2D eigenvalue weighted by Crippen LogP contribution is -2.25. The Kier molecular flexibility index (Phi) is 5.80. The predicted molar refractivity (Wildman–Crippen MR) is 113 cm³/mol. The summed E-state index contributed by atoms with van der Waals surface area (Å²) in [5.74, 6) is -0.438. The minimum atomic E-state index is -4.46. The summed E-state index contributed by atoms with van der Waals surface area (Å²) >= 11 is 2.52. The molecule has 0 aliphatic carbocycles. The highest BCUT2D eigenvalue weighted by atomic mass is 32.1. The summed E-state index contributed by atoms with van der Waals surface area (Å²) in [5, 5.41) is 9.25. The number of benzene rings is 1. The maximum absolute atomic E-state index is 12.9. The molecule has 0 spiro atoms.